The molecule has 0 aromatic heterocycles. The molecule has 0 aromatic carbocycles. The van der Waals surface area contributed by atoms with Crippen molar-refractivity contribution < 1.29 is 19.1 Å². The van der Waals surface area contributed by atoms with Gasteiger partial charge in [-0.25, -0.2) is 0 Å². The van der Waals surface area contributed by atoms with Gasteiger partial charge >= 0.3 is 11.9 Å². The number of esters is 2. The van der Waals surface area contributed by atoms with Gasteiger partial charge in [0.1, 0.15) is 0 Å². The molecule has 0 radical (unpaired) electrons. The summed E-state index contributed by atoms with van der Waals surface area (Å²) in [5.41, 5.74) is 0.987. The van der Waals surface area contributed by atoms with Crippen molar-refractivity contribution in [1.29, 1.82) is 0 Å². The maximum atomic E-state index is 11.4. The van der Waals surface area contributed by atoms with E-state index in [1.807, 2.05) is 6.92 Å². The summed E-state index contributed by atoms with van der Waals surface area (Å²) >= 11 is 0. The number of methoxy groups -OCH3 is 2. The van der Waals surface area contributed by atoms with Crippen LogP contribution >= 0.6 is 0 Å². The standard InChI is InChI=1S/C11H17NO4/c1-4-8(12-5-6-12)7-9(10(13)15-2)11(14)16-3/h7,9H,4-6H2,1-3H3. The van der Waals surface area contributed by atoms with Gasteiger partial charge in [-0.2, -0.15) is 0 Å². The molecule has 0 saturated carbocycles. The van der Waals surface area contributed by atoms with Crippen LogP contribution < -0.4 is 0 Å². The van der Waals surface area contributed by atoms with Gasteiger partial charge in [-0.15, -0.1) is 0 Å². The highest BCUT2D eigenvalue weighted by Gasteiger charge is 2.29. The summed E-state index contributed by atoms with van der Waals surface area (Å²) in [5.74, 6) is -2.12. The molecular weight excluding hydrogens is 210 g/mol. The molecule has 1 aliphatic rings. The summed E-state index contributed by atoms with van der Waals surface area (Å²) in [6.07, 6.45) is 2.41. The lowest BCUT2D eigenvalue weighted by Crippen LogP contribution is -2.25. The Hall–Kier alpha value is -1.52. The van der Waals surface area contributed by atoms with Gasteiger partial charge in [0.05, 0.1) is 14.2 Å². The van der Waals surface area contributed by atoms with Crippen LogP contribution in [0.2, 0.25) is 0 Å². The van der Waals surface area contributed by atoms with Crippen LogP contribution in [-0.4, -0.2) is 44.1 Å². The largest absolute Gasteiger partial charge is 0.468 e. The highest BCUT2D eigenvalue weighted by molar-refractivity contribution is 5.96. The average Bonchev–Trinajstić information content (AvgIpc) is 3.13. The van der Waals surface area contributed by atoms with Gasteiger partial charge in [0.25, 0.3) is 0 Å². The Morgan fingerprint density at radius 3 is 2.06 bits per heavy atom. The van der Waals surface area contributed by atoms with Gasteiger partial charge in [0, 0.05) is 18.8 Å². The number of hydrogen-bond donors (Lipinski definition) is 0. The van der Waals surface area contributed by atoms with Crippen molar-refractivity contribution in [3.8, 4) is 0 Å². The van der Waals surface area contributed by atoms with E-state index in [2.05, 4.69) is 14.4 Å². The molecule has 0 aromatic rings. The zero-order valence-electron chi connectivity index (χ0n) is 9.86. The second kappa shape index (κ2) is 5.53. The molecule has 90 valence electrons. The van der Waals surface area contributed by atoms with Gasteiger partial charge in [0.15, 0.2) is 5.92 Å². The van der Waals surface area contributed by atoms with Crippen molar-refractivity contribution in [2.24, 2.45) is 5.92 Å². The maximum absolute atomic E-state index is 11.4. The molecule has 16 heavy (non-hydrogen) atoms. The lowest BCUT2D eigenvalue weighted by Gasteiger charge is -2.12. The SMILES string of the molecule is CCC(=CC(C(=O)OC)C(=O)OC)N1CC1. The molecule has 0 atom stereocenters. The third-order valence-electron chi connectivity index (χ3n) is 2.48. The molecule has 0 bridgehead atoms. The van der Waals surface area contributed by atoms with E-state index in [1.54, 1.807) is 6.08 Å². The molecule has 0 amide bonds. The number of ether oxygens (including phenoxy) is 2. The lowest BCUT2D eigenvalue weighted by molar-refractivity contribution is -0.156. The molecule has 1 aliphatic heterocycles. The summed E-state index contributed by atoms with van der Waals surface area (Å²) in [7, 11) is 2.52. The van der Waals surface area contributed by atoms with Crippen LogP contribution in [0.3, 0.4) is 0 Å². The lowest BCUT2D eigenvalue weighted by atomic mass is 10.1. The Balaban J connectivity index is 2.82. The molecule has 5 nitrogen and oxygen atoms in total. The van der Waals surface area contributed by atoms with E-state index in [0.29, 0.717) is 0 Å². The monoisotopic (exact) mass is 227 g/mol. The first-order valence-corrected chi connectivity index (χ1v) is 5.25. The summed E-state index contributed by atoms with van der Waals surface area (Å²) in [5, 5.41) is 0. The zero-order chi connectivity index (χ0) is 12.1. The molecule has 1 heterocycles. The van der Waals surface area contributed by atoms with Gasteiger partial charge in [-0.05, 0) is 12.5 Å². The number of allylic oxidation sites excluding steroid dienone is 1. The molecular formula is C11H17NO4. The molecule has 1 fully saturated rings. The molecule has 0 unspecified atom stereocenters. The minimum atomic E-state index is -0.953. The Morgan fingerprint density at radius 2 is 1.75 bits per heavy atom. The fourth-order valence-electron chi connectivity index (χ4n) is 1.46. The van der Waals surface area contributed by atoms with E-state index in [0.717, 1.165) is 25.2 Å². The van der Waals surface area contributed by atoms with Gasteiger partial charge in [0.2, 0.25) is 0 Å². The van der Waals surface area contributed by atoms with E-state index in [4.69, 9.17) is 0 Å². The van der Waals surface area contributed by atoms with Crippen molar-refractivity contribution in [1.82, 2.24) is 4.90 Å². The number of carbonyl (C=O) groups excluding carboxylic acids is 2. The number of carbonyl (C=O) groups is 2. The zero-order valence-corrected chi connectivity index (χ0v) is 9.86. The predicted molar refractivity (Wildman–Crippen MR) is 57.5 cm³/mol. The normalized spacial score (nSPS) is 15.0. The first-order valence-electron chi connectivity index (χ1n) is 5.25. The molecule has 0 N–H and O–H groups in total. The third-order valence-corrected chi connectivity index (χ3v) is 2.48. The van der Waals surface area contributed by atoms with Gasteiger partial charge < -0.3 is 14.4 Å². The minimum Gasteiger partial charge on any atom is -0.468 e. The second-order valence-corrected chi connectivity index (χ2v) is 3.52. The molecule has 1 rings (SSSR count). The van der Waals surface area contributed by atoms with E-state index >= 15 is 0 Å². The first kappa shape index (κ1) is 12.5. The van der Waals surface area contributed by atoms with Crippen molar-refractivity contribution in [2.75, 3.05) is 27.3 Å². The van der Waals surface area contributed by atoms with Crippen LogP contribution in [0, 0.1) is 5.92 Å². The van der Waals surface area contributed by atoms with Gasteiger partial charge in [-0.3, -0.25) is 9.59 Å². The number of nitrogens with zero attached hydrogens (tertiary/aromatic N) is 1. The van der Waals surface area contributed by atoms with Crippen LogP contribution in [0.25, 0.3) is 0 Å². The molecule has 0 spiro atoms. The minimum absolute atomic E-state index is 0.584. The summed E-state index contributed by atoms with van der Waals surface area (Å²) < 4.78 is 9.16. The Labute approximate surface area is 95.0 Å². The first-order chi connectivity index (χ1) is 7.63. The van der Waals surface area contributed by atoms with Crippen LogP contribution in [0.15, 0.2) is 11.8 Å². The smallest absolute Gasteiger partial charge is 0.324 e. The van der Waals surface area contributed by atoms with E-state index < -0.39 is 17.9 Å². The van der Waals surface area contributed by atoms with E-state index in [1.165, 1.54) is 14.2 Å². The van der Waals surface area contributed by atoms with E-state index in [-0.39, 0.29) is 0 Å². The highest BCUT2D eigenvalue weighted by Crippen LogP contribution is 2.20. The van der Waals surface area contributed by atoms with Crippen molar-refractivity contribution in [2.45, 2.75) is 13.3 Å². The fraction of sp³-hybridized carbons (Fsp3) is 0.636. The maximum Gasteiger partial charge on any atom is 0.324 e. The molecule has 1 saturated heterocycles. The molecule has 5 heteroatoms. The average molecular weight is 227 g/mol. The van der Waals surface area contributed by atoms with Crippen LogP contribution in [0.1, 0.15) is 13.3 Å². The Morgan fingerprint density at radius 1 is 1.25 bits per heavy atom. The van der Waals surface area contributed by atoms with Crippen LogP contribution in [0.4, 0.5) is 0 Å². The Kier molecular flexibility index (Phi) is 4.34. The molecule has 0 aliphatic carbocycles. The second-order valence-electron chi connectivity index (χ2n) is 3.52. The summed E-state index contributed by atoms with van der Waals surface area (Å²) in [6, 6.07) is 0. The fourth-order valence-corrected chi connectivity index (χ4v) is 1.46. The van der Waals surface area contributed by atoms with E-state index in [9.17, 15) is 9.59 Å². The van der Waals surface area contributed by atoms with Crippen LogP contribution in [0.5, 0.6) is 0 Å². The Bertz CT molecular complexity index is 291. The predicted octanol–water partition coefficient (Wildman–Crippen LogP) is 0.558. The van der Waals surface area contributed by atoms with Gasteiger partial charge in [-0.1, -0.05) is 6.92 Å². The topological polar surface area (TPSA) is 55.6 Å². The van der Waals surface area contributed by atoms with Crippen molar-refractivity contribution in [3.05, 3.63) is 11.8 Å². The quantitative estimate of drug-likeness (QED) is 0.390. The van der Waals surface area contributed by atoms with Crippen molar-refractivity contribution >= 4 is 11.9 Å². The summed E-state index contributed by atoms with van der Waals surface area (Å²) in [4.78, 5) is 24.9. The van der Waals surface area contributed by atoms with Crippen molar-refractivity contribution in [3.63, 3.8) is 0 Å². The summed E-state index contributed by atoms with van der Waals surface area (Å²) in [6.45, 7) is 3.94. The third kappa shape index (κ3) is 2.98. The highest BCUT2D eigenvalue weighted by atomic mass is 16.5. The van der Waals surface area contributed by atoms with Crippen LogP contribution in [-0.2, 0) is 19.1 Å². The number of rotatable bonds is 5. The number of hydrogen-bond acceptors (Lipinski definition) is 5.